The summed E-state index contributed by atoms with van der Waals surface area (Å²) in [4.78, 5) is 4.81. The molecule has 0 saturated heterocycles. The van der Waals surface area contributed by atoms with Crippen molar-refractivity contribution >= 4 is 0 Å². The lowest BCUT2D eigenvalue weighted by atomic mass is 9.88. The van der Waals surface area contributed by atoms with E-state index in [1.165, 1.54) is 27.8 Å². The molecule has 48 heavy (non-hydrogen) atoms. The number of rotatable bonds is 10. The highest BCUT2D eigenvalue weighted by Gasteiger charge is 2.33. The normalized spacial score (nSPS) is 18.5. The molecule has 7 rings (SSSR count). The molecule has 3 aliphatic rings. The highest BCUT2D eigenvalue weighted by atomic mass is 16.7. The highest BCUT2D eigenvalue weighted by Crippen LogP contribution is 2.49. The van der Waals surface area contributed by atoms with Crippen molar-refractivity contribution < 1.29 is 33.2 Å². The lowest BCUT2D eigenvalue weighted by molar-refractivity contribution is 0.171. The number of nitrogens with zero attached hydrogens (tertiary/aromatic N) is 2. The second-order valence-electron chi connectivity index (χ2n) is 12.7. The van der Waals surface area contributed by atoms with Crippen molar-refractivity contribution in [1.82, 2.24) is 9.80 Å². The zero-order valence-electron chi connectivity index (χ0n) is 28.6. The van der Waals surface area contributed by atoms with Crippen LogP contribution in [0.1, 0.15) is 45.5 Å². The molecule has 9 heteroatoms. The Bertz CT molecular complexity index is 1790. The van der Waals surface area contributed by atoms with Gasteiger partial charge in [-0.2, -0.15) is 0 Å². The molecule has 4 aromatic carbocycles. The lowest BCUT2D eigenvalue weighted by Crippen LogP contribution is -2.33. The summed E-state index contributed by atoms with van der Waals surface area (Å²) in [5.41, 5.74) is 7.39. The van der Waals surface area contributed by atoms with E-state index in [0.717, 1.165) is 78.8 Å². The molecule has 2 atom stereocenters. The molecule has 0 aromatic heterocycles. The first-order valence-electron chi connectivity index (χ1n) is 16.5. The summed E-state index contributed by atoms with van der Waals surface area (Å²) in [6.45, 7) is 2.13. The Kier molecular flexibility index (Phi) is 8.98. The molecule has 0 bridgehead atoms. The van der Waals surface area contributed by atoms with Gasteiger partial charge in [-0.25, -0.2) is 0 Å². The first-order valence-corrected chi connectivity index (χ1v) is 16.5. The van der Waals surface area contributed by atoms with Crippen molar-refractivity contribution in [2.45, 2.75) is 37.8 Å². The smallest absolute Gasteiger partial charge is 0.231 e. The number of likely N-dealkylation sites (N-methyl/N-ethyl adjacent to an activating group) is 2. The fraction of sp³-hybridized carbons (Fsp3) is 0.385. The molecule has 0 amide bonds. The van der Waals surface area contributed by atoms with Crippen LogP contribution in [-0.4, -0.2) is 72.2 Å². The van der Waals surface area contributed by atoms with Gasteiger partial charge in [0.05, 0.1) is 28.4 Å². The van der Waals surface area contributed by atoms with Crippen molar-refractivity contribution in [3.8, 4) is 46.0 Å². The molecule has 0 fully saturated rings. The van der Waals surface area contributed by atoms with Crippen LogP contribution in [0, 0.1) is 0 Å². The maximum Gasteiger partial charge on any atom is 0.231 e. The summed E-state index contributed by atoms with van der Waals surface area (Å²) in [5, 5.41) is 0. The molecule has 252 valence electrons. The molecular formula is C39H44N2O7. The Morgan fingerprint density at radius 1 is 0.646 bits per heavy atom. The summed E-state index contributed by atoms with van der Waals surface area (Å²) >= 11 is 0. The van der Waals surface area contributed by atoms with Crippen LogP contribution in [0.2, 0.25) is 0 Å². The number of hydrogen-bond acceptors (Lipinski definition) is 9. The van der Waals surface area contributed by atoms with E-state index in [1.807, 2.05) is 18.2 Å². The highest BCUT2D eigenvalue weighted by molar-refractivity contribution is 5.61. The monoisotopic (exact) mass is 652 g/mol. The van der Waals surface area contributed by atoms with E-state index in [9.17, 15) is 0 Å². The average Bonchev–Trinajstić information content (AvgIpc) is 3.58. The van der Waals surface area contributed by atoms with Gasteiger partial charge in [-0.3, -0.25) is 9.80 Å². The third-order valence-electron chi connectivity index (χ3n) is 10.1. The van der Waals surface area contributed by atoms with Crippen LogP contribution >= 0.6 is 0 Å². The van der Waals surface area contributed by atoms with Crippen LogP contribution in [-0.2, 0) is 25.7 Å². The van der Waals surface area contributed by atoms with Gasteiger partial charge >= 0.3 is 0 Å². The summed E-state index contributed by atoms with van der Waals surface area (Å²) in [6.07, 6.45) is 3.54. The minimum atomic E-state index is 0.185. The zero-order chi connectivity index (χ0) is 33.4. The van der Waals surface area contributed by atoms with Crippen molar-refractivity contribution in [3.63, 3.8) is 0 Å². The van der Waals surface area contributed by atoms with Gasteiger partial charge in [-0.1, -0.05) is 18.2 Å². The maximum absolute atomic E-state index is 6.46. The Balaban J connectivity index is 1.10. The minimum absolute atomic E-state index is 0.185. The average molecular weight is 653 g/mol. The van der Waals surface area contributed by atoms with Crippen molar-refractivity contribution in [2.24, 2.45) is 0 Å². The molecule has 0 spiro atoms. The van der Waals surface area contributed by atoms with E-state index in [-0.39, 0.29) is 18.9 Å². The fourth-order valence-electron chi connectivity index (χ4n) is 7.40. The van der Waals surface area contributed by atoms with Gasteiger partial charge in [0, 0.05) is 30.7 Å². The summed E-state index contributed by atoms with van der Waals surface area (Å²) in [5.74, 6) is 5.95. The van der Waals surface area contributed by atoms with Crippen molar-refractivity contribution in [3.05, 3.63) is 94.0 Å². The van der Waals surface area contributed by atoms with Gasteiger partial charge in [0.2, 0.25) is 12.5 Å². The Hall–Kier alpha value is -4.60. The number of ether oxygens (including phenoxy) is 7. The number of fused-ring (bicyclic) bond motifs is 3. The molecule has 0 N–H and O–H groups in total. The molecule has 0 radical (unpaired) electrons. The number of methoxy groups -OCH3 is 4. The third-order valence-corrected chi connectivity index (χ3v) is 10.1. The van der Waals surface area contributed by atoms with Gasteiger partial charge in [0.1, 0.15) is 5.75 Å². The molecule has 3 aliphatic heterocycles. The lowest BCUT2D eigenvalue weighted by Gasteiger charge is -2.35. The first kappa shape index (κ1) is 32.0. The fourth-order valence-corrected chi connectivity index (χ4v) is 7.40. The molecule has 3 heterocycles. The quantitative estimate of drug-likeness (QED) is 0.184. The minimum Gasteiger partial charge on any atom is -0.493 e. The van der Waals surface area contributed by atoms with E-state index in [0.29, 0.717) is 11.5 Å². The van der Waals surface area contributed by atoms with Gasteiger partial charge in [-0.05, 0) is 110 Å². The number of hydrogen-bond donors (Lipinski definition) is 0. The molecular weight excluding hydrogens is 608 g/mol. The predicted molar refractivity (Wildman–Crippen MR) is 184 cm³/mol. The van der Waals surface area contributed by atoms with E-state index in [2.05, 4.69) is 66.4 Å². The van der Waals surface area contributed by atoms with E-state index < -0.39 is 0 Å². The SMILES string of the molecule is COc1cc2c(cc1OC)[C@H](Cc1ccc(OC)c(Oc3ccc(C[C@H]4c5cc6c(c(OC)c5CCN4C)OCO6)cc3)c1)N(C)CC2. The van der Waals surface area contributed by atoms with Crippen LogP contribution in [0.15, 0.2) is 60.7 Å². The molecule has 4 aromatic rings. The topological polar surface area (TPSA) is 71.1 Å². The van der Waals surface area contributed by atoms with Gasteiger partial charge < -0.3 is 33.2 Å². The van der Waals surface area contributed by atoms with Crippen LogP contribution in [0.3, 0.4) is 0 Å². The zero-order valence-corrected chi connectivity index (χ0v) is 28.6. The summed E-state index contributed by atoms with van der Waals surface area (Å²) < 4.78 is 40.7. The van der Waals surface area contributed by atoms with Crippen LogP contribution in [0.4, 0.5) is 0 Å². The second-order valence-corrected chi connectivity index (χ2v) is 12.7. The molecule has 0 aliphatic carbocycles. The van der Waals surface area contributed by atoms with Crippen molar-refractivity contribution in [2.75, 3.05) is 62.4 Å². The van der Waals surface area contributed by atoms with Gasteiger partial charge in [-0.15, -0.1) is 0 Å². The Labute approximate surface area is 282 Å². The standard InChI is InChI=1S/C39H44N2O7/c1-40-15-13-26-20-34(43-4)35(44-5)21-29(26)31(40)18-25-9-12-33(42-3)36(19-25)48-27-10-7-24(8-11-27)17-32-30-22-37-39(47-23-46-37)38(45-6)28(30)14-16-41(32)2/h7-12,19-22,31-32H,13-18,23H2,1-6H3/t31-,32-/m0/s1. The van der Waals surface area contributed by atoms with Crippen LogP contribution in [0.5, 0.6) is 46.0 Å². The first-order chi connectivity index (χ1) is 23.4. The third kappa shape index (κ3) is 5.97. The maximum atomic E-state index is 6.46. The van der Waals surface area contributed by atoms with Gasteiger partial charge in [0.25, 0.3) is 0 Å². The van der Waals surface area contributed by atoms with E-state index in [1.54, 1.807) is 28.4 Å². The van der Waals surface area contributed by atoms with E-state index in [4.69, 9.17) is 33.2 Å². The number of benzene rings is 4. The van der Waals surface area contributed by atoms with Crippen LogP contribution < -0.4 is 33.2 Å². The summed E-state index contributed by atoms with van der Waals surface area (Å²) in [7, 11) is 11.1. The largest absolute Gasteiger partial charge is 0.493 e. The van der Waals surface area contributed by atoms with Gasteiger partial charge in [0.15, 0.2) is 34.5 Å². The molecule has 0 saturated carbocycles. The Morgan fingerprint density at radius 3 is 2.04 bits per heavy atom. The van der Waals surface area contributed by atoms with E-state index >= 15 is 0 Å². The molecule has 9 nitrogen and oxygen atoms in total. The van der Waals surface area contributed by atoms with Crippen molar-refractivity contribution in [1.29, 1.82) is 0 Å². The summed E-state index contributed by atoms with van der Waals surface area (Å²) in [6, 6.07) is 21.3. The van der Waals surface area contributed by atoms with Crippen LogP contribution in [0.25, 0.3) is 0 Å². The predicted octanol–water partition coefficient (Wildman–Crippen LogP) is 6.79. The second kappa shape index (κ2) is 13.5. The molecule has 0 unspecified atom stereocenters. The Morgan fingerprint density at radius 2 is 1.31 bits per heavy atom.